The number of hydrogen-bond donors (Lipinski definition) is 2. The van der Waals surface area contributed by atoms with Gasteiger partial charge in [0.1, 0.15) is 11.5 Å². The van der Waals surface area contributed by atoms with Crippen LogP contribution in [0.1, 0.15) is 32.1 Å². The summed E-state index contributed by atoms with van der Waals surface area (Å²) in [4.78, 5) is 16.5. The highest BCUT2D eigenvalue weighted by molar-refractivity contribution is 7.88. The number of ether oxygens (including phenoxy) is 1. The zero-order valence-corrected chi connectivity index (χ0v) is 18.3. The molecule has 8 nitrogen and oxygen atoms in total. The van der Waals surface area contributed by atoms with Gasteiger partial charge in [-0.3, -0.25) is 9.69 Å². The van der Waals surface area contributed by atoms with E-state index < -0.39 is 10.0 Å². The number of nitrogens with zero attached hydrogens (tertiary/aromatic N) is 1. The van der Waals surface area contributed by atoms with Gasteiger partial charge >= 0.3 is 0 Å². The lowest BCUT2D eigenvalue weighted by Crippen LogP contribution is -2.43. The molecule has 0 aromatic carbocycles. The predicted molar refractivity (Wildman–Crippen MR) is 112 cm³/mol. The van der Waals surface area contributed by atoms with E-state index in [2.05, 4.69) is 14.9 Å². The number of hydrogen-bond acceptors (Lipinski definition) is 7. The van der Waals surface area contributed by atoms with Crippen LogP contribution in [-0.2, 0) is 21.2 Å². The molecule has 2 N–H and O–H groups in total. The number of rotatable bonds is 9. The minimum Gasteiger partial charge on any atom is -0.465 e. The molecule has 29 heavy (non-hydrogen) atoms. The zero-order valence-electron chi connectivity index (χ0n) is 16.6. The second kappa shape index (κ2) is 9.86. The normalized spacial score (nSPS) is 16.6. The van der Waals surface area contributed by atoms with Gasteiger partial charge in [-0.2, -0.15) is 0 Å². The van der Waals surface area contributed by atoms with E-state index in [1.54, 1.807) is 6.07 Å². The molecule has 3 rings (SSSR count). The molecule has 0 radical (unpaired) electrons. The van der Waals surface area contributed by atoms with Gasteiger partial charge in [-0.05, 0) is 37.6 Å². The molecule has 0 saturated carbocycles. The van der Waals surface area contributed by atoms with Crippen molar-refractivity contribution < 1.29 is 22.4 Å². The van der Waals surface area contributed by atoms with E-state index in [4.69, 9.17) is 9.15 Å². The highest BCUT2D eigenvalue weighted by Crippen LogP contribution is 2.24. The van der Waals surface area contributed by atoms with E-state index in [0.29, 0.717) is 37.6 Å². The molecule has 1 aliphatic heterocycles. The first-order valence-electron chi connectivity index (χ1n) is 9.51. The van der Waals surface area contributed by atoms with Gasteiger partial charge in [0, 0.05) is 31.1 Å². The highest BCUT2D eigenvalue weighted by atomic mass is 32.2. The summed E-state index contributed by atoms with van der Waals surface area (Å²) < 4.78 is 36.0. The smallest absolute Gasteiger partial charge is 0.261 e. The largest absolute Gasteiger partial charge is 0.465 e. The molecule has 160 valence electrons. The van der Waals surface area contributed by atoms with Gasteiger partial charge in [0.2, 0.25) is 10.0 Å². The fourth-order valence-electron chi connectivity index (χ4n) is 3.20. The highest BCUT2D eigenvalue weighted by Gasteiger charge is 2.26. The molecule has 1 aliphatic rings. The van der Waals surface area contributed by atoms with Crippen LogP contribution in [0.25, 0.3) is 0 Å². The summed E-state index contributed by atoms with van der Waals surface area (Å²) in [7, 11) is -3.20. The minimum atomic E-state index is -3.20. The van der Waals surface area contributed by atoms with Crippen LogP contribution in [0.5, 0.6) is 0 Å². The quantitative estimate of drug-likeness (QED) is 0.612. The molecule has 2 aromatic rings. The van der Waals surface area contributed by atoms with E-state index in [1.807, 2.05) is 25.1 Å². The van der Waals surface area contributed by atoms with Crippen LogP contribution < -0.4 is 10.0 Å². The number of carbonyl (C=O) groups excluding carboxylic acids is 1. The number of morpholine rings is 1. The number of carbonyl (C=O) groups is 1. The predicted octanol–water partition coefficient (Wildman–Crippen LogP) is 1.54. The van der Waals surface area contributed by atoms with Gasteiger partial charge in [-0.15, -0.1) is 11.3 Å². The number of nitrogens with one attached hydrogen (secondary N) is 2. The Morgan fingerprint density at radius 3 is 2.66 bits per heavy atom. The van der Waals surface area contributed by atoms with Crippen LogP contribution in [0, 0.1) is 6.92 Å². The SMILES string of the molecule is Cc1ccc([C@H](CNC(=O)c2ccc(CCNS(C)(=O)=O)s2)N2CCOCC2)o1. The van der Waals surface area contributed by atoms with Crippen LogP contribution in [-0.4, -0.2) is 64.9 Å². The second-order valence-corrected chi connectivity index (χ2v) is 10.0. The average Bonchev–Trinajstić information content (AvgIpc) is 3.31. The first kappa shape index (κ1) is 22.0. The van der Waals surface area contributed by atoms with E-state index >= 15 is 0 Å². The molecule has 1 fully saturated rings. The Morgan fingerprint density at radius 2 is 2.00 bits per heavy atom. The van der Waals surface area contributed by atoms with Gasteiger partial charge in [-0.1, -0.05) is 0 Å². The lowest BCUT2D eigenvalue weighted by Gasteiger charge is -2.33. The second-order valence-electron chi connectivity index (χ2n) is 7.01. The van der Waals surface area contributed by atoms with E-state index in [0.717, 1.165) is 35.7 Å². The Morgan fingerprint density at radius 1 is 1.24 bits per heavy atom. The van der Waals surface area contributed by atoms with Gasteiger partial charge < -0.3 is 14.5 Å². The summed E-state index contributed by atoms with van der Waals surface area (Å²) in [5.41, 5.74) is 0. The van der Waals surface area contributed by atoms with Crippen molar-refractivity contribution in [3.05, 3.63) is 45.5 Å². The Labute approximate surface area is 175 Å². The molecule has 0 bridgehead atoms. The monoisotopic (exact) mass is 441 g/mol. The molecular formula is C19H27N3O5S2. The Kier molecular flexibility index (Phi) is 7.47. The van der Waals surface area contributed by atoms with Gasteiger partial charge in [0.05, 0.1) is 30.4 Å². The molecular weight excluding hydrogens is 414 g/mol. The molecule has 0 aliphatic carbocycles. The number of amides is 1. The van der Waals surface area contributed by atoms with Crippen molar-refractivity contribution in [2.45, 2.75) is 19.4 Å². The van der Waals surface area contributed by atoms with Crippen molar-refractivity contribution in [2.24, 2.45) is 0 Å². The average molecular weight is 442 g/mol. The lowest BCUT2D eigenvalue weighted by molar-refractivity contribution is 0.0117. The molecule has 1 atom stereocenters. The summed E-state index contributed by atoms with van der Waals surface area (Å²) in [5, 5.41) is 3.02. The first-order chi connectivity index (χ1) is 13.8. The summed E-state index contributed by atoms with van der Waals surface area (Å²) >= 11 is 1.37. The maximum atomic E-state index is 12.6. The summed E-state index contributed by atoms with van der Waals surface area (Å²) in [6.45, 7) is 5.57. The summed E-state index contributed by atoms with van der Waals surface area (Å²) in [6.07, 6.45) is 1.68. The van der Waals surface area contributed by atoms with Crippen molar-refractivity contribution in [3.63, 3.8) is 0 Å². The molecule has 3 heterocycles. The maximum Gasteiger partial charge on any atom is 0.261 e. The Balaban J connectivity index is 1.58. The maximum absolute atomic E-state index is 12.6. The van der Waals surface area contributed by atoms with Gasteiger partial charge in [-0.25, -0.2) is 13.1 Å². The molecule has 0 spiro atoms. The summed E-state index contributed by atoms with van der Waals surface area (Å²) in [6, 6.07) is 7.48. The van der Waals surface area contributed by atoms with Crippen LogP contribution in [0.3, 0.4) is 0 Å². The number of furan rings is 1. The molecule has 10 heteroatoms. The standard InChI is InChI=1S/C19H27N3O5S2/c1-14-3-5-17(27-14)16(22-9-11-26-12-10-22)13-20-19(23)18-6-4-15(28-18)7-8-21-29(2,24)25/h3-6,16,21H,7-13H2,1-2H3,(H,20,23)/t16-/m0/s1. The van der Waals surface area contributed by atoms with Crippen molar-refractivity contribution in [1.82, 2.24) is 14.9 Å². The van der Waals surface area contributed by atoms with Crippen molar-refractivity contribution >= 4 is 27.3 Å². The molecule has 0 unspecified atom stereocenters. The van der Waals surface area contributed by atoms with Crippen LogP contribution in [0.4, 0.5) is 0 Å². The number of aryl methyl sites for hydroxylation is 1. The first-order valence-corrected chi connectivity index (χ1v) is 12.2. The van der Waals surface area contributed by atoms with Crippen molar-refractivity contribution in [2.75, 3.05) is 45.6 Å². The zero-order chi connectivity index (χ0) is 20.9. The fourth-order valence-corrected chi connectivity index (χ4v) is 4.60. The Hall–Kier alpha value is -1.72. The van der Waals surface area contributed by atoms with Crippen molar-refractivity contribution in [1.29, 1.82) is 0 Å². The fraction of sp³-hybridized carbons (Fsp3) is 0.526. The van der Waals surface area contributed by atoms with Gasteiger partial charge in [0.25, 0.3) is 5.91 Å². The topological polar surface area (TPSA) is 101 Å². The molecule has 1 amide bonds. The third kappa shape index (κ3) is 6.65. The summed E-state index contributed by atoms with van der Waals surface area (Å²) in [5.74, 6) is 1.54. The van der Waals surface area contributed by atoms with E-state index in [9.17, 15) is 13.2 Å². The van der Waals surface area contributed by atoms with Crippen LogP contribution >= 0.6 is 11.3 Å². The lowest BCUT2D eigenvalue weighted by atomic mass is 10.1. The van der Waals surface area contributed by atoms with E-state index in [-0.39, 0.29) is 11.9 Å². The van der Waals surface area contributed by atoms with Crippen LogP contribution in [0.15, 0.2) is 28.7 Å². The van der Waals surface area contributed by atoms with Gasteiger partial charge in [0.15, 0.2) is 0 Å². The van der Waals surface area contributed by atoms with Crippen LogP contribution in [0.2, 0.25) is 0 Å². The third-order valence-corrected chi connectivity index (χ3v) is 6.53. The Bertz CT molecular complexity index is 916. The third-order valence-electron chi connectivity index (χ3n) is 4.65. The minimum absolute atomic E-state index is 0.0463. The number of thiophene rings is 1. The number of sulfonamides is 1. The van der Waals surface area contributed by atoms with Crippen molar-refractivity contribution in [3.8, 4) is 0 Å². The molecule has 2 aromatic heterocycles. The molecule has 1 saturated heterocycles. The van der Waals surface area contributed by atoms with E-state index in [1.165, 1.54) is 11.3 Å².